The smallest absolute Gasteiger partial charge is 0.254 e. The summed E-state index contributed by atoms with van der Waals surface area (Å²) in [7, 11) is 0. The number of hydrogen-bond donors (Lipinski definition) is 2. The lowest BCUT2D eigenvalue weighted by molar-refractivity contribution is 0.0985. The quantitative estimate of drug-likeness (QED) is 0.832. The summed E-state index contributed by atoms with van der Waals surface area (Å²) in [6.45, 7) is 0. The van der Waals surface area contributed by atoms with Crippen LogP contribution < -0.4 is 11.5 Å². The van der Waals surface area contributed by atoms with Crippen LogP contribution in [-0.4, -0.2) is 11.8 Å². The van der Waals surface area contributed by atoms with Crippen LogP contribution >= 0.6 is 0 Å². The summed E-state index contributed by atoms with van der Waals surface area (Å²) in [5, 5.41) is 0. The number of carbonyl (C=O) groups is 2. The van der Waals surface area contributed by atoms with Gasteiger partial charge in [-0.1, -0.05) is 12.1 Å². The zero-order chi connectivity index (χ0) is 16.9. The maximum atomic E-state index is 12.6. The van der Waals surface area contributed by atoms with Crippen LogP contribution in [-0.2, 0) is 0 Å². The fourth-order valence-corrected chi connectivity index (χ4v) is 1.43. The molecule has 4 nitrogen and oxygen atoms in total. The van der Waals surface area contributed by atoms with Gasteiger partial charge in [-0.2, -0.15) is 0 Å². The fraction of sp³-hybridized carbons (Fsp3) is 0. The van der Waals surface area contributed by atoms with E-state index >= 15 is 0 Å². The third kappa shape index (κ3) is 4.05. The highest BCUT2D eigenvalue weighted by molar-refractivity contribution is 5.93. The first-order valence-corrected chi connectivity index (χ1v) is 5.73. The number of nitrogens with two attached hydrogens (primary N) is 2. The van der Waals surface area contributed by atoms with Gasteiger partial charge in [0.15, 0.2) is 11.6 Å². The molecule has 2 aromatic rings. The first-order chi connectivity index (χ1) is 10.3. The Bertz CT molecular complexity index is 700. The zero-order valence-corrected chi connectivity index (χ0v) is 10.9. The van der Waals surface area contributed by atoms with Gasteiger partial charge in [0, 0.05) is 0 Å². The van der Waals surface area contributed by atoms with Gasteiger partial charge < -0.3 is 11.5 Å². The Kier molecular flexibility index (Phi) is 5.62. The minimum Gasteiger partial charge on any atom is -0.366 e. The highest BCUT2D eigenvalue weighted by atomic mass is 19.2. The normalized spacial score (nSPS) is 9.64. The predicted octanol–water partition coefficient (Wildman–Crippen LogP) is 2.13. The minimum absolute atomic E-state index is 0.426. The average molecular weight is 314 g/mol. The lowest BCUT2D eigenvalue weighted by Crippen LogP contribution is -2.15. The van der Waals surface area contributed by atoms with Gasteiger partial charge in [-0.25, -0.2) is 17.6 Å². The van der Waals surface area contributed by atoms with E-state index in [9.17, 15) is 27.2 Å². The first-order valence-electron chi connectivity index (χ1n) is 5.73. The van der Waals surface area contributed by atoms with Crippen molar-refractivity contribution in [1.29, 1.82) is 0 Å². The zero-order valence-electron chi connectivity index (χ0n) is 10.9. The second-order valence-electron chi connectivity index (χ2n) is 3.93. The molecular weight excluding hydrogens is 304 g/mol. The molecular formula is C14H10F4N2O2. The molecule has 4 N–H and O–H groups in total. The Balaban J connectivity index is 0.000000220. The van der Waals surface area contributed by atoms with E-state index in [2.05, 4.69) is 0 Å². The van der Waals surface area contributed by atoms with E-state index in [1.165, 1.54) is 6.07 Å². The maximum Gasteiger partial charge on any atom is 0.254 e. The SMILES string of the molecule is NC(=O)c1c(F)cccc1F.NC(=O)c1cccc(F)c1F. The third-order valence-corrected chi connectivity index (χ3v) is 2.43. The van der Waals surface area contributed by atoms with Crippen LogP contribution in [0.3, 0.4) is 0 Å². The number of halogens is 4. The number of rotatable bonds is 2. The topological polar surface area (TPSA) is 86.2 Å². The van der Waals surface area contributed by atoms with Crippen LogP contribution in [0.2, 0.25) is 0 Å². The molecule has 2 amide bonds. The van der Waals surface area contributed by atoms with Crippen molar-refractivity contribution in [1.82, 2.24) is 0 Å². The summed E-state index contributed by atoms with van der Waals surface area (Å²) in [6.07, 6.45) is 0. The van der Waals surface area contributed by atoms with Crippen molar-refractivity contribution in [2.75, 3.05) is 0 Å². The number of hydrogen-bond acceptors (Lipinski definition) is 2. The van der Waals surface area contributed by atoms with E-state index in [0.29, 0.717) is 0 Å². The number of amides is 2. The molecule has 0 saturated heterocycles. The van der Waals surface area contributed by atoms with Crippen molar-refractivity contribution in [3.8, 4) is 0 Å². The monoisotopic (exact) mass is 314 g/mol. The van der Waals surface area contributed by atoms with Crippen molar-refractivity contribution >= 4 is 11.8 Å². The molecule has 0 atom stereocenters. The number of benzene rings is 2. The van der Waals surface area contributed by atoms with Crippen LogP contribution in [0.4, 0.5) is 17.6 Å². The van der Waals surface area contributed by atoms with Crippen LogP contribution in [0, 0.1) is 23.3 Å². The van der Waals surface area contributed by atoms with E-state index in [0.717, 1.165) is 30.3 Å². The molecule has 116 valence electrons. The van der Waals surface area contributed by atoms with Crippen molar-refractivity contribution in [2.45, 2.75) is 0 Å². The van der Waals surface area contributed by atoms with Gasteiger partial charge in [-0.15, -0.1) is 0 Å². The Labute approximate surface area is 122 Å². The van der Waals surface area contributed by atoms with Crippen molar-refractivity contribution in [2.24, 2.45) is 11.5 Å². The molecule has 0 saturated carbocycles. The second-order valence-corrected chi connectivity index (χ2v) is 3.93. The van der Waals surface area contributed by atoms with Crippen molar-refractivity contribution in [3.05, 3.63) is 70.8 Å². The van der Waals surface area contributed by atoms with E-state index < -0.39 is 46.2 Å². The Hall–Kier alpha value is -2.90. The minimum atomic E-state index is -1.19. The molecule has 0 fully saturated rings. The Morgan fingerprint density at radius 1 is 0.727 bits per heavy atom. The Morgan fingerprint density at radius 2 is 1.18 bits per heavy atom. The molecule has 0 radical (unpaired) electrons. The van der Waals surface area contributed by atoms with Gasteiger partial charge in [0.1, 0.15) is 17.2 Å². The molecule has 22 heavy (non-hydrogen) atoms. The summed E-state index contributed by atoms with van der Waals surface area (Å²) in [4.78, 5) is 20.8. The summed E-state index contributed by atoms with van der Waals surface area (Å²) in [6, 6.07) is 6.38. The summed E-state index contributed by atoms with van der Waals surface area (Å²) >= 11 is 0. The van der Waals surface area contributed by atoms with E-state index in [4.69, 9.17) is 11.5 Å². The number of primary amides is 2. The third-order valence-electron chi connectivity index (χ3n) is 2.43. The van der Waals surface area contributed by atoms with Crippen LogP contribution in [0.5, 0.6) is 0 Å². The summed E-state index contributed by atoms with van der Waals surface area (Å²) in [5.74, 6) is -6.20. The van der Waals surface area contributed by atoms with Crippen molar-refractivity contribution < 1.29 is 27.2 Å². The molecule has 0 aromatic heterocycles. The van der Waals surface area contributed by atoms with E-state index in [1.54, 1.807) is 0 Å². The average Bonchev–Trinajstić information content (AvgIpc) is 2.41. The van der Waals surface area contributed by atoms with Crippen LogP contribution in [0.15, 0.2) is 36.4 Å². The van der Waals surface area contributed by atoms with E-state index in [-0.39, 0.29) is 0 Å². The molecule has 0 bridgehead atoms. The summed E-state index contributed by atoms with van der Waals surface area (Å²) < 4.78 is 50.1. The van der Waals surface area contributed by atoms with Gasteiger partial charge in [0.05, 0.1) is 5.56 Å². The highest BCUT2D eigenvalue weighted by Gasteiger charge is 2.12. The maximum absolute atomic E-state index is 12.6. The molecule has 0 heterocycles. The van der Waals surface area contributed by atoms with Gasteiger partial charge in [-0.3, -0.25) is 9.59 Å². The standard InChI is InChI=1S/2C7H5F2NO/c8-4-2-1-3-5(9)6(4)7(10)11;8-5-3-1-2-4(6(5)9)7(10)11/h2*1-3H,(H2,10,11). The molecule has 0 spiro atoms. The van der Waals surface area contributed by atoms with Crippen LogP contribution in [0.25, 0.3) is 0 Å². The molecule has 2 aromatic carbocycles. The lowest BCUT2D eigenvalue weighted by atomic mass is 10.2. The molecule has 8 heteroatoms. The Morgan fingerprint density at radius 3 is 1.55 bits per heavy atom. The van der Waals surface area contributed by atoms with Gasteiger partial charge in [0.2, 0.25) is 0 Å². The van der Waals surface area contributed by atoms with Gasteiger partial charge in [-0.05, 0) is 24.3 Å². The first kappa shape index (κ1) is 17.2. The highest BCUT2D eigenvalue weighted by Crippen LogP contribution is 2.10. The lowest BCUT2D eigenvalue weighted by Gasteiger charge is -1.97. The largest absolute Gasteiger partial charge is 0.366 e. The molecule has 0 aliphatic heterocycles. The van der Waals surface area contributed by atoms with Crippen LogP contribution in [0.1, 0.15) is 20.7 Å². The molecule has 0 unspecified atom stereocenters. The second kappa shape index (κ2) is 7.21. The summed E-state index contributed by atoms with van der Waals surface area (Å²) in [5.41, 5.74) is 8.32. The molecule has 0 aliphatic carbocycles. The van der Waals surface area contributed by atoms with Crippen molar-refractivity contribution in [3.63, 3.8) is 0 Å². The van der Waals surface area contributed by atoms with Gasteiger partial charge >= 0.3 is 0 Å². The number of carbonyl (C=O) groups excluding carboxylic acids is 2. The van der Waals surface area contributed by atoms with Gasteiger partial charge in [0.25, 0.3) is 11.8 Å². The molecule has 2 rings (SSSR count). The van der Waals surface area contributed by atoms with E-state index in [1.807, 2.05) is 0 Å². The molecule has 0 aliphatic rings. The predicted molar refractivity (Wildman–Crippen MR) is 69.8 cm³/mol. The fourth-order valence-electron chi connectivity index (χ4n) is 1.43.